The van der Waals surface area contributed by atoms with E-state index in [1.807, 2.05) is 0 Å². The van der Waals surface area contributed by atoms with E-state index in [0.29, 0.717) is 6.04 Å². The predicted molar refractivity (Wildman–Crippen MR) is 62.9 cm³/mol. The Kier molecular flexibility index (Phi) is 3.68. The summed E-state index contributed by atoms with van der Waals surface area (Å²) in [7, 11) is 0. The molecule has 0 aromatic heterocycles. The Labute approximate surface area is 93.7 Å². The highest BCUT2D eigenvalue weighted by Crippen LogP contribution is 2.34. The van der Waals surface area contributed by atoms with Crippen LogP contribution in [0.5, 0.6) is 0 Å². The molecule has 0 unspecified atom stereocenters. The largest absolute Gasteiger partial charge is 0.390 e. The Morgan fingerprint density at radius 3 is 2.60 bits per heavy atom. The maximum Gasteiger partial charge on any atom is 0.0660 e. The van der Waals surface area contributed by atoms with Gasteiger partial charge in [0, 0.05) is 6.04 Å². The van der Waals surface area contributed by atoms with Crippen molar-refractivity contribution in [2.24, 2.45) is 0 Å². The van der Waals surface area contributed by atoms with Gasteiger partial charge in [-0.25, -0.2) is 0 Å². The molecule has 0 radical (unpaired) electrons. The molecule has 2 heteroatoms. The standard InChI is InChI=1S/C13H25NO/c1-2-13(15)8-6-7-12(11-13)14-9-4-3-5-10-14/h12,15H,2-11H2,1H3/t12-,13+/m1/s1. The first-order valence-corrected chi connectivity index (χ1v) is 6.70. The molecule has 0 aromatic rings. The van der Waals surface area contributed by atoms with Gasteiger partial charge in [0.05, 0.1) is 5.60 Å². The molecular formula is C13H25NO. The Hall–Kier alpha value is -0.0800. The summed E-state index contributed by atoms with van der Waals surface area (Å²) in [6.45, 7) is 4.66. The molecule has 0 aromatic carbocycles. The molecule has 1 N–H and O–H groups in total. The van der Waals surface area contributed by atoms with E-state index in [4.69, 9.17) is 0 Å². The van der Waals surface area contributed by atoms with Crippen molar-refractivity contribution in [1.82, 2.24) is 4.90 Å². The van der Waals surface area contributed by atoms with E-state index in [2.05, 4.69) is 11.8 Å². The summed E-state index contributed by atoms with van der Waals surface area (Å²) in [5, 5.41) is 10.4. The van der Waals surface area contributed by atoms with Crippen molar-refractivity contribution in [2.75, 3.05) is 13.1 Å². The highest BCUT2D eigenvalue weighted by atomic mass is 16.3. The molecule has 0 amide bonds. The highest BCUT2D eigenvalue weighted by Gasteiger charge is 2.35. The molecule has 1 heterocycles. The normalized spacial score (nSPS) is 39.2. The van der Waals surface area contributed by atoms with Crippen molar-refractivity contribution >= 4 is 0 Å². The lowest BCUT2D eigenvalue weighted by Crippen LogP contribution is -2.47. The van der Waals surface area contributed by atoms with Gasteiger partial charge in [-0.05, 0) is 58.0 Å². The van der Waals surface area contributed by atoms with E-state index in [-0.39, 0.29) is 5.60 Å². The van der Waals surface area contributed by atoms with Crippen LogP contribution in [0.1, 0.15) is 58.3 Å². The van der Waals surface area contributed by atoms with Crippen molar-refractivity contribution in [2.45, 2.75) is 69.9 Å². The molecular weight excluding hydrogens is 186 g/mol. The number of likely N-dealkylation sites (tertiary alicyclic amines) is 1. The van der Waals surface area contributed by atoms with E-state index in [1.54, 1.807) is 0 Å². The predicted octanol–water partition coefficient (Wildman–Crippen LogP) is 2.56. The number of hydrogen-bond donors (Lipinski definition) is 1. The topological polar surface area (TPSA) is 23.5 Å². The van der Waals surface area contributed by atoms with Gasteiger partial charge >= 0.3 is 0 Å². The summed E-state index contributed by atoms with van der Waals surface area (Å²) >= 11 is 0. The molecule has 1 saturated carbocycles. The summed E-state index contributed by atoms with van der Waals surface area (Å²) < 4.78 is 0. The van der Waals surface area contributed by atoms with Crippen LogP contribution in [0, 0.1) is 0 Å². The fraction of sp³-hybridized carbons (Fsp3) is 1.00. The first-order valence-electron chi connectivity index (χ1n) is 6.70. The van der Waals surface area contributed by atoms with Crippen molar-refractivity contribution in [3.63, 3.8) is 0 Å². The summed E-state index contributed by atoms with van der Waals surface area (Å²) in [4.78, 5) is 2.63. The molecule has 1 saturated heterocycles. The highest BCUT2D eigenvalue weighted by molar-refractivity contribution is 4.90. The average Bonchev–Trinajstić information content (AvgIpc) is 2.30. The molecule has 2 aliphatic rings. The summed E-state index contributed by atoms with van der Waals surface area (Å²) in [5.41, 5.74) is -0.347. The lowest BCUT2D eigenvalue weighted by molar-refractivity contribution is -0.0365. The second-order valence-corrected chi connectivity index (χ2v) is 5.42. The molecule has 2 nitrogen and oxygen atoms in total. The van der Waals surface area contributed by atoms with Gasteiger partial charge in [0.1, 0.15) is 0 Å². The van der Waals surface area contributed by atoms with Crippen molar-refractivity contribution in [1.29, 1.82) is 0 Å². The second kappa shape index (κ2) is 4.84. The molecule has 1 aliphatic carbocycles. The Morgan fingerprint density at radius 2 is 1.93 bits per heavy atom. The summed E-state index contributed by atoms with van der Waals surface area (Å²) in [6, 6.07) is 0.670. The number of piperidine rings is 1. The fourth-order valence-electron chi connectivity index (χ4n) is 3.23. The van der Waals surface area contributed by atoms with Gasteiger partial charge in [0.15, 0.2) is 0 Å². The fourth-order valence-corrected chi connectivity index (χ4v) is 3.23. The third-order valence-electron chi connectivity index (χ3n) is 4.36. The zero-order valence-corrected chi connectivity index (χ0v) is 10.0. The smallest absolute Gasteiger partial charge is 0.0660 e. The van der Waals surface area contributed by atoms with Crippen LogP contribution in [0.4, 0.5) is 0 Å². The number of aliphatic hydroxyl groups is 1. The van der Waals surface area contributed by atoms with Gasteiger partial charge in [-0.2, -0.15) is 0 Å². The van der Waals surface area contributed by atoms with Crippen LogP contribution < -0.4 is 0 Å². The van der Waals surface area contributed by atoms with Crippen LogP contribution in [0.15, 0.2) is 0 Å². The number of hydrogen-bond acceptors (Lipinski definition) is 2. The number of nitrogens with zero attached hydrogens (tertiary/aromatic N) is 1. The van der Waals surface area contributed by atoms with Crippen LogP contribution in [0.25, 0.3) is 0 Å². The first kappa shape index (κ1) is 11.4. The monoisotopic (exact) mass is 211 g/mol. The molecule has 15 heavy (non-hydrogen) atoms. The quantitative estimate of drug-likeness (QED) is 0.759. The lowest BCUT2D eigenvalue weighted by atomic mass is 9.79. The van der Waals surface area contributed by atoms with Gasteiger partial charge < -0.3 is 10.0 Å². The van der Waals surface area contributed by atoms with Crippen LogP contribution in [0.2, 0.25) is 0 Å². The van der Waals surface area contributed by atoms with Crippen LogP contribution in [-0.2, 0) is 0 Å². The lowest BCUT2D eigenvalue weighted by Gasteiger charge is -2.43. The zero-order chi connectivity index (χ0) is 10.7. The van der Waals surface area contributed by atoms with Crippen LogP contribution in [0.3, 0.4) is 0 Å². The zero-order valence-electron chi connectivity index (χ0n) is 10.0. The molecule has 1 aliphatic heterocycles. The third-order valence-corrected chi connectivity index (χ3v) is 4.36. The minimum Gasteiger partial charge on any atom is -0.390 e. The van der Waals surface area contributed by atoms with Gasteiger partial charge in [-0.3, -0.25) is 0 Å². The summed E-state index contributed by atoms with van der Waals surface area (Å²) in [5.74, 6) is 0. The van der Waals surface area contributed by atoms with Crippen molar-refractivity contribution in [3.8, 4) is 0 Å². The maximum atomic E-state index is 10.4. The molecule has 2 fully saturated rings. The molecule has 0 spiro atoms. The van der Waals surface area contributed by atoms with E-state index in [0.717, 1.165) is 19.3 Å². The van der Waals surface area contributed by atoms with Gasteiger partial charge in [0.25, 0.3) is 0 Å². The third kappa shape index (κ3) is 2.73. The van der Waals surface area contributed by atoms with Crippen molar-refractivity contribution < 1.29 is 5.11 Å². The minimum absolute atomic E-state index is 0.347. The molecule has 2 atom stereocenters. The van der Waals surface area contributed by atoms with E-state index >= 15 is 0 Å². The van der Waals surface area contributed by atoms with Gasteiger partial charge in [-0.1, -0.05) is 13.3 Å². The Balaban J connectivity index is 1.91. The maximum absolute atomic E-state index is 10.4. The van der Waals surface area contributed by atoms with Crippen LogP contribution in [-0.4, -0.2) is 34.7 Å². The second-order valence-electron chi connectivity index (χ2n) is 5.42. The van der Waals surface area contributed by atoms with E-state index in [1.165, 1.54) is 45.2 Å². The number of rotatable bonds is 2. The molecule has 2 rings (SSSR count). The molecule has 88 valence electrons. The van der Waals surface area contributed by atoms with Crippen molar-refractivity contribution in [3.05, 3.63) is 0 Å². The molecule has 0 bridgehead atoms. The Bertz CT molecular complexity index is 201. The van der Waals surface area contributed by atoms with Gasteiger partial charge in [-0.15, -0.1) is 0 Å². The van der Waals surface area contributed by atoms with E-state index < -0.39 is 0 Å². The van der Waals surface area contributed by atoms with Crippen LogP contribution >= 0.6 is 0 Å². The minimum atomic E-state index is -0.347. The Morgan fingerprint density at radius 1 is 1.20 bits per heavy atom. The SMILES string of the molecule is CC[C@]1(O)CCC[C@@H](N2CCCCC2)C1. The first-order chi connectivity index (χ1) is 7.23. The summed E-state index contributed by atoms with van der Waals surface area (Å²) in [6.07, 6.45) is 9.62. The average molecular weight is 211 g/mol. The van der Waals surface area contributed by atoms with Gasteiger partial charge in [0.2, 0.25) is 0 Å². The van der Waals surface area contributed by atoms with E-state index in [9.17, 15) is 5.11 Å².